The Morgan fingerprint density at radius 1 is 1.12 bits per heavy atom. The Kier molecular flexibility index (Phi) is 2.68. The zero-order chi connectivity index (χ0) is 11.8. The van der Waals surface area contributed by atoms with Crippen molar-refractivity contribution < 1.29 is 5.11 Å². The summed E-state index contributed by atoms with van der Waals surface area (Å²) in [5.41, 5.74) is 1.63. The van der Waals surface area contributed by atoms with Crippen molar-refractivity contribution in [3.05, 3.63) is 42.1 Å². The molecule has 0 aliphatic carbocycles. The van der Waals surface area contributed by atoms with Gasteiger partial charge in [-0.15, -0.1) is 0 Å². The van der Waals surface area contributed by atoms with Gasteiger partial charge in [-0.3, -0.25) is 4.98 Å². The third-order valence-electron chi connectivity index (χ3n) is 2.78. The van der Waals surface area contributed by atoms with E-state index in [1.54, 1.807) is 6.20 Å². The van der Waals surface area contributed by atoms with E-state index < -0.39 is 6.10 Å². The quantitative estimate of drug-likeness (QED) is 0.791. The average molecular weight is 215 g/mol. The van der Waals surface area contributed by atoms with E-state index in [1.165, 1.54) is 0 Å². The lowest BCUT2D eigenvalue weighted by Gasteiger charge is -2.26. The van der Waals surface area contributed by atoms with E-state index in [2.05, 4.69) is 4.98 Å². The van der Waals surface area contributed by atoms with E-state index in [4.69, 9.17) is 0 Å². The van der Waals surface area contributed by atoms with Gasteiger partial charge in [0.1, 0.15) is 0 Å². The lowest BCUT2D eigenvalue weighted by atomic mass is 9.84. The highest BCUT2D eigenvalue weighted by molar-refractivity contribution is 5.81. The molecule has 1 N–H and O–H groups in total. The van der Waals surface area contributed by atoms with Gasteiger partial charge >= 0.3 is 0 Å². The molecule has 1 atom stereocenters. The molecule has 2 nitrogen and oxygen atoms in total. The molecule has 0 radical (unpaired) electrons. The summed E-state index contributed by atoms with van der Waals surface area (Å²) in [4.78, 5) is 4.36. The minimum absolute atomic E-state index is 0.175. The Balaban J connectivity index is 2.61. The summed E-state index contributed by atoms with van der Waals surface area (Å²) in [5.74, 6) is 0. The van der Waals surface area contributed by atoms with Crippen molar-refractivity contribution in [2.75, 3.05) is 0 Å². The van der Waals surface area contributed by atoms with E-state index in [9.17, 15) is 5.11 Å². The van der Waals surface area contributed by atoms with E-state index in [0.717, 1.165) is 16.5 Å². The number of rotatable bonds is 1. The second-order valence-electron chi connectivity index (χ2n) is 5.19. The summed E-state index contributed by atoms with van der Waals surface area (Å²) in [6.45, 7) is 6.08. The first-order valence-corrected chi connectivity index (χ1v) is 5.52. The predicted molar refractivity (Wildman–Crippen MR) is 66.2 cm³/mol. The summed E-state index contributed by atoms with van der Waals surface area (Å²) in [7, 11) is 0. The topological polar surface area (TPSA) is 33.1 Å². The molecule has 0 fully saturated rings. The van der Waals surface area contributed by atoms with Crippen LogP contribution in [0, 0.1) is 5.41 Å². The van der Waals surface area contributed by atoms with Gasteiger partial charge in [0.15, 0.2) is 0 Å². The monoisotopic (exact) mass is 215 g/mol. The summed E-state index contributed by atoms with van der Waals surface area (Å²) < 4.78 is 0. The third-order valence-corrected chi connectivity index (χ3v) is 2.78. The number of hydrogen-bond acceptors (Lipinski definition) is 2. The van der Waals surface area contributed by atoms with Crippen LogP contribution >= 0.6 is 0 Å². The molecule has 0 saturated heterocycles. The van der Waals surface area contributed by atoms with Crippen LogP contribution in [0.5, 0.6) is 0 Å². The Labute approximate surface area is 96.0 Å². The molecule has 2 aromatic rings. The van der Waals surface area contributed by atoms with Crippen molar-refractivity contribution in [3.8, 4) is 0 Å². The van der Waals surface area contributed by atoms with Crippen LogP contribution in [-0.2, 0) is 0 Å². The van der Waals surface area contributed by atoms with Gasteiger partial charge in [-0.25, -0.2) is 0 Å². The molecule has 2 rings (SSSR count). The minimum Gasteiger partial charge on any atom is -0.388 e. The Morgan fingerprint density at radius 3 is 2.50 bits per heavy atom. The van der Waals surface area contributed by atoms with Gasteiger partial charge in [-0.1, -0.05) is 45.0 Å². The Morgan fingerprint density at radius 2 is 1.81 bits per heavy atom. The largest absolute Gasteiger partial charge is 0.388 e. The summed E-state index contributed by atoms with van der Waals surface area (Å²) >= 11 is 0. The molecule has 0 bridgehead atoms. The van der Waals surface area contributed by atoms with Gasteiger partial charge in [0.25, 0.3) is 0 Å². The maximum atomic E-state index is 10.3. The molecule has 2 heteroatoms. The molecule has 0 aliphatic rings. The first-order chi connectivity index (χ1) is 7.50. The number of aliphatic hydroxyl groups excluding tert-OH is 1. The molecular formula is C14H17NO. The standard InChI is InChI=1S/C14H17NO/c1-14(2,3)13(16)11-8-4-6-10-7-5-9-15-12(10)11/h4-9,13,16H,1-3H3. The molecule has 1 aromatic heterocycles. The first-order valence-electron chi connectivity index (χ1n) is 5.52. The van der Waals surface area contributed by atoms with Crippen LogP contribution in [0.1, 0.15) is 32.4 Å². The number of fused-ring (bicyclic) bond motifs is 1. The number of hydrogen-bond donors (Lipinski definition) is 1. The van der Waals surface area contributed by atoms with Crippen molar-refractivity contribution in [1.82, 2.24) is 4.98 Å². The highest BCUT2D eigenvalue weighted by Crippen LogP contribution is 2.35. The Hall–Kier alpha value is -1.41. The fourth-order valence-corrected chi connectivity index (χ4v) is 1.81. The molecule has 0 saturated carbocycles. The maximum Gasteiger partial charge on any atom is 0.0859 e. The summed E-state index contributed by atoms with van der Waals surface area (Å²) in [6.07, 6.45) is 1.27. The molecule has 1 unspecified atom stereocenters. The fraction of sp³-hybridized carbons (Fsp3) is 0.357. The van der Waals surface area contributed by atoms with Crippen molar-refractivity contribution in [3.63, 3.8) is 0 Å². The third kappa shape index (κ3) is 1.93. The molecule has 16 heavy (non-hydrogen) atoms. The molecule has 1 aromatic carbocycles. The molecule has 84 valence electrons. The van der Waals surface area contributed by atoms with Crippen LogP contribution in [0.25, 0.3) is 10.9 Å². The van der Waals surface area contributed by atoms with E-state index >= 15 is 0 Å². The molecule has 0 amide bonds. The normalized spacial score (nSPS) is 14.0. The molecule has 1 heterocycles. The minimum atomic E-state index is -0.494. The van der Waals surface area contributed by atoms with Gasteiger partial charge in [0, 0.05) is 17.1 Å². The van der Waals surface area contributed by atoms with E-state index in [1.807, 2.05) is 51.1 Å². The van der Waals surface area contributed by atoms with Gasteiger partial charge in [-0.05, 0) is 11.5 Å². The van der Waals surface area contributed by atoms with Crippen LogP contribution < -0.4 is 0 Å². The number of aromatic nitrogens is 1. The highest BCUT2D eigenvalue weighted by Gasteiger charge is 2.25. The van der Waals surface area contributed by atoms with Crippen LogP contribution in [-0.4, -0.2) is 10.1 Å². The van der Waals surface area contributed by atoms with Crippen LogP contribution in [0.2, 0.25) is 0 Å². The SMILES string of the molecule is CC(C)(C)C(O)c1cccc2cccnc12. The number of benzene rings is 1. The average Bonchev–Trinajstić information content (AvgIpc) is 2.26. The van der Waals surface area contributed by atoms with Gasteiger partial charge in [0.2, 0.25) is 0 Å². The zero-order valence-corrected chi connectivity index (χ0v) is 9.94. The molecule has 0 aliphatic heterocycles. The summed E-state index contributed by atoms with van der Waals surface area (Å²) in [6, 6.07) is 9.86. The smallest absolute Gasteiger partial charge is 0.0859 e. The zero-order valence-electron chi connectivity index (χ0n) is 9.94. The van der Waals surface area contributed by atoms with E-state index in [0.29, 0.717) is 0 Å². The second-order valence-corrected chi connectivity index (χ2v) is 5.19. The fourth-order valence-electron chi connectivity index (χ4n) is 1.81. The number of pyridine rings is 1. The van der Waals surface area contributed by atoms with Crippen molar-refractivity contribution in [2.24, 2.45) is 5.41 Å². The number of nitrogens with zero attached hydrogens (tertiary/aromatic N) is 1. The van der Waals surface area contributed by atoms with Gasteiger partial charge < -0.3 is 5.11 Å². The second kappa shape index (κ2) is 3.87. The molecule has 0 spiro atoms. The predicted octanol–water partition coefficient (Wildman–Crippen LogP) is 3.31. The van der Waals surface area contributed by atoms with Crippen LogP contribution in [0.15, 0.2) is 36.5 Å². The van der Waals surface area contributed by atoms with Crippen LogP contribution in [0.4, 0.5) is 0 Å². The number of para-hydroxylation sites is 1. The van der Waals surface area contributed by atoms with Crippen molar-refractivity contribution in [1.29, 1.82) is 0 Å². The van der Waals surface area contributed by atoms with Crippen LogP contribution in [0.3, 0.4) is 0 Å². The summed E-state index contributed by atoms with van der Waals surface area (Å²) in [5, 5.41) is 11.4. The van der Waals surface area contributed by atoms with Crippen molar-refractivity contribution >= 4 is 10.9 Å². The lowest BCUT2D eigenvalue weighted by Crippen LogP contribution is -2.18. The highest BCUT2D eigenvalue weighted by atomic mass is 16.3. The first kappa shape index (κ1) is 11.1. The van der Waals surface area contributed by atoms with Gasteiger partial charge in [-0.2, -0.15) is 0 Å². The number of aliphatic hydroxyl groups is 1. The van der Waals surface area contributed by atoms with Crippen molar-refractivity contribution in [2.45, 2.75) is 26.9 Å². The maximum absolute atomic E-state index is 10.3. The lowest BCUT2D eigenvalue weighted by molar-refractivity contribution is 0.0638. The van der Waals surface area contributed by atoms with Gasteiger partial charge in [0.05, 0.1) is 11.6 Å². The van der Waals surface area contributed by atoms with E-state index in [-0.39, 0.29) is 5.41 Å². The molecular weight excluding hydrogens is 198 g/mol. The Bertz CT molecular complexity index is 494.